The number of hydrogen-bond acceptors (Lipinski definition) is 4. The van der Waals surface area contributed by atoms with Crippen molar-refractivity contribution in [2.45, 2.75) is 64.3 Å². The third-order valence-corrected chi connectivity index (χ3v) is 6.64. The molecule has 162 valence electrons. The monoisotopic (exact) mass is 423 g/mol. The summed E-state index contributed by atoms with van der Waals surface area (Å²) in [5.74, 6) is -0.676. The fourth-order valence-corrected chi connectivity index (χ4v) is 5.03. The van der Waals surface area contributed by atoms with Crippen molar-refractivity contribution in [1.82, 2.24) is 9.62 Å². The van der Waals surface area contributed by atoms with Crippen molar-refractivity contribution in [3.8, 4) is 0 Å². The molecular weight excluding hydrogens is 390 g/mol. The Morgan fingerprint density at radius 1 is 1.14 bits per heavy atom. The van der Waals surface area contributed by atoms with E-state index in [-0.39, 0.29) is 28.7 Å². The van der Waals surface area contributed by atoms with E-state index in [2.05, 4.69) is 5.32 Å². The molecule has 2 amide bonds. The second-order valence-electron chi connectivity index (χ2n) is 8.54. The van der Waals surface area contributed by atoms with Gasteiger partial charge < -0.3 is 10.2 Å². The van der Waals surface area contributed by atoms with Crippen LogP contribution in [0.1, 0.15) is 53.9 Å². The van der Waals surface area contributed by atoms with Crippen molar-refractivity contribution in [2.75, 3.05) is 24.5 Å². The Kier molecular flexibility index (Phi) is 7.45. The normalized spacial score (nSPS) is 17.8. The molecule has 1 aliphatic rings. The molecule has 1 aliphatic heterocycles. The maximum absolute atomic E-state index is 12.9. The lowest BCUT2D eigenvalue weighted by molar-refractivity contribution is -0.127. The molecule has 0 aliphatic carbocycles. The number of benzene rings is 1. The summed E-state index contributed by atoms with van der Waals surface area (Å²) in [7, 11) is -3.56. The fourth-order valence-electron chi connectivity index (χ4n) is 3.40. The summed E-state index contributed by atoms with van der Waals surface area (Å²) in [5.41, 5.74) is 0.254. The minimum Gasteiger partial charge on any atom is -0.351 e. The average molecular weight is 424 g/mol. The van der Waals surface area contributed by atoms with Gasteiger partial charge in [0.1, 0.15) is 0 Å². The van der Waals surface area contributed by atoms with E-state index < -0.39 is 15.9 Å². The van der Waals surface area contributed by atoms with E-state index in [4.69, 9.17) is 0 Å². The molecule has 1 N–H and O–H groups in total. The number of anilines is 1. The van der Waals surface area contributed by atoms with Gasteiger partial charge >= 0.3 is 0 Å². The molecule has 7 nitrogen and oxygen atoms in total. The fraction of sp³-hybridized carbons (Fsp3) is 0.619. The Balaban J connectivity index is 2.16. The van der Waals surface area contributed by atoms with Crippen LogP contribution >= 0.6 is 0 Å². The van der Waals surface area contributed by atoms with Crippen LogP contribution in [0.25, 0.3) is 0 Å². The van der Waals surface area contributed by atoms with Crippen LogP contribution in [0.4, 0.5) is 5.69 Å². The second-order valence-corrected chi connectivity index (χ2v) is 10.5. The topological polar surface area (TPSA) is 86.8 Å². The van der Waals surface area contributed by atoms with Crippen LogP contribution in [0.3, 0.4) is 0 Å². The lowest BCUT2D eigenvalue weighted by Gasteiger charge is -2.23. The highest BCUT2D eigenvalue weighted by Crippen LogP contribution is 2.27. The Bertz CT molecular complexity index is 822. The third kappa shape index (κ3) is 5.79. The number of carbonyl (C=O) groups excluding carboxylic acids is 2. The molecule has 0 bridgehead atoms. The molecule has 0 aromatic heterocycles. The molecule has 0 unspecified atom stereocenters. The Labute approximate surface area is 174 Å². The van der Waals surface area contributed by atoms with Gasteiger partial charge in [-0.05, 0) is 57.9 Å². The highest BCUT2D eigenvalue weighted by molar-refractivity contribution is 7.89. The SMILES string of the molecule is CCCN(CCC)S(=O)(=O)c1ccc(N2C[C@H](C(=O)NC(C)(C)C)CC2=O)cc1. The maximum Gasteiger partial charge on any atom is 0.243 e. The van der Waals surface area contributed by atoms with Crippen LogP contribution in [0.5, 0.6) is 0 Å². The molecule has 1 aromatic carbocycles. The zero-order valence-corrected chi connectivity index (χ0v) is 18.9. The molecule has 29 heavy (non-hydrogen) atoms. The lowest BCUT2D eigenvalue weighted by Crippen LogP contribution is -2.44. The number of carbonyl (C=O) groups is 2. The zero-order chi connectivity index (χ0) is 21.8. The van der Waals surface area contributed by atoms with Gasteiger partial charge in [0.25, 0.3) is 0 Å². The molecule has 1 aromatic rings. The third-order valence-electron chi connectivity index (χ3n) is 4.73. The minimum absolute atomic E-state index is 0.131. The van der Waals surface area contributed by atoms with Gasteiger partial charge in [-0.15, -0.1) is 0 Å². The average Bonchev–Trinajstić information content (AvgIpc) is 3.02. The van der Waals surface area contributed by atoms with Gasteiger partial charge in [0.05, 0.1) is 10.8 Å². The largest absolute Gasteiger partial charge is 0.351 e. The van der Waals surface area contributed by atoms with E-state index in [1.807, 2.05) is 34.6 Å². The second kappa shape index (κ2) is 9.26. The first-order valence-electron chi connectivity index (χ1n) is 10.2. The number of hydrogen-bond donors (Lipinski definition) is 1. The molecule has 0 spiro atoms. The van der Waals surface area contributed by atoms with Crippen molar-refractivity contribution in [3.05, 3.63) is 24.3 Å². The Hall–Kier alpha value is -1.93. The van der Waals surface area contributed by atoms with E-state index in [1.165, 1.54) is 4.31 Å². The number of nitrogens with zero attached hydrogens (tertiary/aromatic N) is 2. The van der Waals surface area contributed by atoms with Gasteiger partial charge in [-0.25, -0.2) is 8.42 Å². The molecule has 1 atom stereocenters. The van der Waals surface area contributed by atoms with Crippen molar-refractivity contribution in [1.29, 1.82) is 0 Å². The standard InChI is InChI=1S/C21H33N3O4S/c1-6-12-23(13-7-2)29(27,28)18-10-8-17(9-11-18)24-15-16(14-19(24)25)20(26)22-21(3,4)5/h8-11,16H,6-7,12-15H2,1-5H3,(H,22,26)/t16-/m1/s1. The molecule has 0 saturated carbocycles. The lowest BCUT2D eigenvalue weighted by atomic mass is 10.0. The van der Waals surface area contributed by atoms with Gasteiger partial charge in [-0.3, -0.25) is 9.59 Å². The van der Waals surface area contributed by atoms with Crippen molar-refractivity contribution >= 4 is 27.5 Å². The predicted octanol–water partition coefficient (Wildman–Crippen LogP) is 2.76. The quantitative estimate of drug-likeness (QED) is 0.697. The van der Waals surface area contributed by atoms with Crippen LogP contribution < -0.4 is 10.2 Å². The van der Waals surface area contributed by atoms with Crippen molar-refractivity contribution in [3.63, 3.8) is 0 Å². The summed E-state index contributed by atoms with van der Waals surface area (Å²) in [5, 5.41) is 2.92. The van der Waals surface area contributed by atoms with Crippen molar-refractivity contribution < 1.29 is 18.0 Å². The molecular formula is C21H33N3O4S. The highest BCUT2D eigenvalue weighted by Gasteiger charge is 2.36. The maximum atomic E-state index is 12.9. The van der Waals surface area contributed by atoms with Gasteiger partial charge in [-0.1, -0.05) is 13.8 Å². The molecule has 1 saturated heterocycles. The summed E-state index contributed by atoms with van der Waals surface area (Å²) in [6.45, 7) is 10.9. The zero-order valence-electron chi connectivity index (χ0n) is 18.1. The summed E-state index contributed by atoms with van der Waals surface area (Å²) in [6.07, 6.45) is 1.65. The number of amides is 2. The van der Waals surface area contributed by atoms with Crippen LogP contribution in [-0.2, 0) is 19.6 Å². The van der Waals surface area contributed by atoms with Crippen LogP contribution in [-0.4, -0.2) is 49.7 Å². The first kappa shape index (κ1) is 23.3. The van der Waals surface area contributed by atoms with Gasteiger partial charge in [-0.2, -0.15) is 4.31 Å². The van der Waals surface area contributed by atoms with Gasteiger partial charge in [0.15, 0.2) is 0 Å². The van der Waals surface area contributed by atoms with E-state index in [0.717, 1.165) is 12.8 Å². The first-order valence-corrected chi connectivity index (χ1v) is 11.7. The number of rotatable bonds is 8. The van der Waals surface area contributed by atoms with Crippen molar-refractivity contribution in [2.24, 2.45) is 5.92 Å². The predicted molar refractivity (Wildman–Crippen MR) is 114 cm³/mol. The van der Waals surface area contributed by atoms with E-state index in [0.29, 0.717) is 25.3 Å². The van der Waals surface area contributed by atoms with Crippen LogP contribution in [0, 0.1) is 5.92 Å². The Morgan fingerprint density at radius 3 is 2.17 bits per heavy atom. The van der Waals surface area contributed by atoms with E-state index >= 15 is 0 Å². The summed E-state index contributed by atoms with van der Waals surface area (Å²) >= 11 is 0. The molecule has 1 fully saturated rings. The Morgan fingerprint density at radius 2 is 1.69 bits per heavy atom. The summed E-state index contributed by atoms with van der Waals surface area (Å²) in [4.78, 5) is 26.6. The van der Waals surface area contributed by atoms with Crippen LogP contribution in [0.15, 0.2) is 29.2 Å². The molecule has 0 radical (unpaired) electrons. The molecule has 1 heterocycles. The molecule has 8 heteroatoms. The molecule has 2 rings (SSSR count). The van der Waals surface area contributed by atoms with Gasteiger partial charge in [0.2, 0.25) is 21.8 Å². The first-order chi connectivity index (χ1) is 13.5. The van der Waals surface area contributed by atoms with E-state index in [1.54, 1.807) is 29.2 Å². The smallest absolute Gasteiger partial charge is 0.243 e. The summed E-state index contributed by atoms with van der Waals surface area (Å²) < 4.78 is 27.2. The van der Waals surface area contributed by atoms with Gasteiger partial charge in [0, 0.05) is 37.3 Å². The highest BCUT2D eigenvalue weighted by atomic mass is 32.2. The van der Waals surface area contributed by atoms with E-state index in [9.17, 15) is 18.0 Å². The van der Waals surface area contributed by atoms with Crippen LogP contribution in [0.2, 0.25) is 0 Å². The summed E-state index contributed by atoms with van der Waals surface area (Å²) in [6, 6.07) is 6.37. The minimum atomic E-state index is -3.56. The number of sulfonamides is 1. The number of nitrogens with one attached hydrogen (secondary N) is 1.